The Morgan fingerprint density at radius 1 is 1.09 bits per heavy atom. The molecule has 182 valence electrons. The number of carbonyl (C=O) groups is 1. The molecule has 1 amide bonds. The lowest BCUT2D eigenvalue weighted by molar-refractivity contribution is 0.0746. The molecule has 2 heterocycles. The highest BCUT2D eigenvalue weighted by Crippen LogP contribution is 2.31. The van der Waals surface area contributed by atoms with Crippen LogP contribution in [0.4, 0.5) is 5.13 Å². The lowest BCUT2D eigenvalue weighted by Crippen LogP contribution is -2.48. The number of hydrogen-bond donors (Lipinski definition) is 0. The first kappa shape index (κ1) is 24.9. The molecule has 0 atom stereocenters. The van der Waals surface area contributed by atoms with E-state index in [1.54, 1.807) is 35.6 Å². The summed E-state index contributed by atoms with van der Waals surface area (Å²) in [7, 11) is -3.55. The van der Waals surface area contributed by atoms with Gasteiger partial charge in [0.2, 0.25) is 10.0 Å². The third-order valence-electron chi connectivity index (χ3n) is 6.03. The number of anilines is 1. The molecule has 0 spiro atoms. The number of unbranched alkanes of at least 4 members (excludes halogenated alkanes) is 1. The first-order chi connectivity index (χ1) is 16.3. The fourth-order valence-corrected chi connectivity index (χ4v) is 6.79. The first-order valence-corrected chi connectivity index (χ1v) is 14.2. The van der Waals surface area contributed by atoms with Crippen LogP contribution in [-0.2, 0) is 10.0 Å². The Labute approximate surface area is 210 Å². The van der Waals surface area contributed by atoms with E-state index in [2.05, 4.69) is 4.90 Å². The van der Waals surface area contributed by atoms with Crippen molar-refractivity contribution in [1.29, 1.82) is 0 Å². The second-order valence-corrected chi connectivity index (χ2v) is 11.6. The predicted octanol–water partition coefficient (Wildman–Crippen LogP) is 4.72. The molecule has 34 heavy (non-hydrogen) atoms. The van der Waals surface area contributed by atoms with Crippen LogP contribution < -0.4 is 4.90 Å². The van der Waals surface area contributed by atoms with Crippen LogP contribution in [0.1, 0.15) is 37.0 Å². The molecule has 4 rings (SSSR count). The number of sulfonamides is 1. The van der Waals surface area contributed by atoms with Gasteiger partial charge in [-0.05, 0) is 48.9 Å². The Balaban J connectivity index is 1.40. The maximum atomic E-state index is 13.0. The summed E-state index contributed by atoms with van der Waals surface area (Å²) in [6, 6.07) is 12.0. The summed E-state index contributed by atoms with van der Waals surface area (Å²) < 4.78 is 28.4. The van der Waals surface area contributed by atoms with Crippen LogP contribution in [0.25, 0.3) is 10.2 Å². The van der Waals surface area contributed by atoms with Crippen molar-refractivity contribution in [3.63, 3.8) is 0 Å². The SMILES string of the molecule is CCCCN(CC)S(=O)(=O)c1ccc(C(=O)N2CCN(c3nc4ccc(Cl)cc4s3)CC2)cc1. The van der Waals surface area contributed by atoms with Crippen molar-refractivity contribution in [2.45, 2.75) is 31.6 Å². The van der Waals surface area contributed by atoms with Gasteiger partial charge in [-0.2, -0.15) is 4.31 Å². The van der Waals surface area contributed by atoms with Gasteiger partial charge in [0, 0.05) is 49.9 Å². The van der Waals surface area contributed by atoms with Crippen molar-refractivity contribution < 1.29 is 13.2 Å². The number of benzene rings is 2. The molecule has 0 radical (unpaired) electrons. The minimum Gasteiger partial charge on any atom is -0.345 e. The summed E-state index contributed by atoms with van der Waals surface area (Å²) in [6.07, 6.45) is 1.75. The highest BCUT2D eigenvalue weighted by molar-refractivity contribution is 7.89. The van der Waals surface area contributed by atoms with E-state index < -0.39 is 10.0 Å². The van der Waals surface area contributed by atoms with Crippen molar-refractivity contribution in [2.24, 2.45) is 0 Å². The number of amides is 1. The molecule has 1 aromatic heterocycles. The van der Waals surface area contributed by atoms with E-state index in [4.69, 9.17) is 16.6 Å². The van der Waals surface area contributed by atoms with Crippen molar-refractivity contribution in [2.75, 3.05) is 44.2 Å². The van der Waals surface area contributed by atoms with Crippen LogP contribution >= 0.6 is 22.9 Å². The van der Waals surface area contributed by atoms with Crippen molar-refractivity contribution in [3.05, 3.63) is 53.1 Å². The van der Waals surface area contributed by atoms with E-state index in [9.17, 15) is 13.2 Å². The van der Waals surface area contributed by atoms with Gasteiger partial charge in [-0.15, -0.1) is 0 Å². The van der Waals surface area contributed by atoms with E-state index in [1.807, 2.05) is 36.9 Å². The Bertz CT molecular complexity index is 1250. The van der Waals surface area contributed by atoms with E-state index in [-0.39, 0.29) is 10.8 Å². The highest BCUT2D eigenvalue weighted by Gasteiger charge is 2.26. The van der Waals surface area contributed by atoms with E-state index in [1.165, 1.54) is 4.31 Å². The lowest BCUT2D eigenvalue weighted by Gasteiger charge is -2.34. The summed E-state index contributed by atoms with van der Waals surface area (Å²) in [5, 5.41) is 1.63. The minimum absolute atomic E-state index is 0.0852. The number of nitrogens with zero attached hydrogens (tertiary/aromatic N) is 4. The van der Waals surface area contributed by atoms with Gasteiger partial charge in [0.05, 0.1) is 15.1 Å². The fraction of sp³-hybridized carbons (Fsp3) is 0.417. The monoisotopic (exact) mass is 520 g/mol. The molecule has 1 aliphatic heterocycles. The van der Waals surface area contributed by atoms with Gasteiger partial charge in [-0.1, -0.05) is 43.2 Å². The molecule has 1 saturated heterocycles. The summed E-state index contributed by atoms with van der Waals surface area (Å²) in [6.45, 7) is 7.34. The Hall–Kier alpha value is -2.20. The zero-order valence-corrected chi connectivity index (χ0v) is 21.8. The molecule has 0 N–H and O–H groups in total. The van der Waals surface area contributed by atoms with Crippen LogP contribution in [0.5, 0.6) is 0 Å². The molecule has 2 aromatic carbocycles. The number of rotatable bonds is 8. The third kappa shape index (κ3) is 5.22. The van der Waals surface area contributed by atoms with Gasteiger partial charge in [0.1, 0.15) is 0 Å². The normalized spacial score (nSPS) is 14.8. The average Bonchev–Trinajstić information content (AvgIpc) is 3.27. The second-order valence-electron chi connectivity index (χ2n) is 8.26. The maximum absolute atomic E-state index is 13.0. The van der Waals surface area contributed by atoms with Crippen molar-refractivity contribution in [3.8, 4) is 0 Å². The lowest BCUT2D eigenvalue weighted by atomic mass is 10.2. The Morgan fingerprint density at radius 2 is 1.79 bits per heavy atom. The molecular weight excluding hydrogens is 492 g/mol. The number of thiazole rings is 1. The van der Waals surface area contributed by atoms with Gasteiger partial charge < -0.3 is 9.80 Å². The van der Waals surface area contributed by atoms with Crippen LogP contribution in [-0.4, -0.2) is 67.8 Å². The van der Waals surface area contributed by atoms with Gasteiger partial charge >= 0.3 is 0 Å². The summed E-state index contributed by atoms with van der Waals surface area (Å²) in [5.41, 5.74) is 1.42. The van der Waals surface area contributed by atoms with E-state index in [0.717, 1.165) is 28.2 Å². The second kappa shape index (κ2) is 10.6. The Morgan fingerprint density at radius 3 is 2.44 bits per heavy atom. The number of halogens is 1. The van der Waals surface area contributed by atoms with Crippen LogP contribution in [0, 0.1) is 0 Å². The van der Waals surface area contributed by atoms with Gasteiger partial charge in [0.25, 0.3) is 5.91 Å². The van der Waals surface area contributed by atoms with E-state index >= 15 is 0 Å². The van der Waals surface area contributed by atoms with Crippen LogP contribution in [0.2, 0.25) is 5.02 Å². The molecular formula is C24H29ClN4O3S2. The van der Waals surface area contributed by atoms with Crippen molar-refractivity contribution >= 4 is 54.2 Å². The molecule has 0 unspecified atom stereocenters. The molecule has 0 saturated carbocycles. The van der Waals surface area contributed by atoms with Crippen LogP contribution in [0.15, 0.2) is 47.4 Å². The third-order valence-corrected chi connectivity index (χ3v) is 9.33. The minimum atomic E-state index is -3.55. The molecule has 1 fully saturated rings. The number of hydrogen-bond acceptors (Lipinski definition) is 6. The molecule has 7 nitrogen and oxygen atoms in total. The smallest absolute Gasteiger partial charge is 0.253 e. The summed E-state index contributed by atoms with van der Waals surface area (Å²) in [4.78, 5) is 22.0. The molecule has 3 aromatic rings. The maximum Gasteiger partial charge on any atom is 0.253 e. The zero-order chi connectivity index (χ0) is 24.3. The number of carbonyl (C=O) groups excluding carboxylic acids is 1. The largest absolute Gasteiger partial charge is 0.345 e. The summed E-state index contributed by atoms with van der Waals surface area (Å²) >= 11 is 7.69. The zero-order valence-electron chi connectivity index (χ0n) is 19.4. The highest BCUT2D eigenvalue weighted by atomic mass is 35.5. The number of fused-ring (bicyclic) bond motifs is 1. The fourth-order valence-electron chi connectivity index (χ4n) is 4.01. The predicted molar refractivity (Wildman–Crippen MR) is 139 cm³/mol. The quantitative estimate of drug-likeness (QED) is 0.429. The van der Waals surface area contributed by atoms with Crippen LogP contribution in [0.3, 0.4) is 0 Å². The Kier molecular flexibility index (Phi) is 7.77. The molecule has 1 aliphatic rings. The number of aromatic nitrogens is 1. The molecule has 0 aliphatic carbocycles. The molecule has 0 bridgehead atoms. The molecule has 10 heteroatoms. The van der Waals surface area contributed by atoms with Gasteiger partial charge in [-0.3, -0.25) is 4.79 Å². The van der Waals surface area contributed by atoms with Crippen molar-refractivity contribution in [1.82, 2.24) is 14.2 Å². The van der Waals surface area contributed by atoms with Gasteiger partial charge in [-0.25, -0.2) is 13.4 Å². The average molecular weight is 521 g/mol. The first-order valence-electron chi connectivity index (χ1n) is 11.5. The summed E-state index contributed by atoms with van der Waals surface area (Å²) in [5.74, 6) is -0.0852. The van der Waals surface area contributed by atoms with Gasteiger partial charge in [0.15, 0.2) is 5.13 Å². The van der Waals surface area contributed by atoms with E-state index in [0.29, 0.717) is 49.9 Å². The standard InChI is InChI=1S/C24H29ClN4O3S2/c1-3-5-12-29(4-2)34(31,32)20-9-6-18(7-10-20)23(30)27-13-15-28(16-14-27)24-26-21-11-8-19(25)17-22(21)33-24/h6-11,17H,3-5,12-16H2,1-2H3. The number of piperazine rings is 1. The topological polar surface area (TPSA) is 73.8 Å².